The van der Waals surface area contributed by atoms with Crippen LogP contribution in [-0.2, 0) is 38.8 Å². The Bertz CT molecular complexity index is 1450. The zero-order valence-corrected chi connectivity index (χ0v) is 23.6. The third kappa shape index (κ3) is 7.98. The summed E-state index contributed by atoms with van der Waals surface area (Å²) in [6.45, 7) is 1.00. The molecule has 0 aliphatic heterocycles. The molecule has 0 saturated heterocycles. The summed E-state index contributed by atoms with van der Waals surface area (Å²) in [6.07, 6.45) is -3.94. The predicted molar refractivity (Wildman–Crippen MR) is 148 cm³/mol. The molecule has 0 bridgehead atoms. The first-order chi connectivity index (χ1) is 18.7. The fourth-order valence-electron chi connectivity index (χ4n) is 4.11. The van der Waals surface area contributed by atoms with Gasteiger partial charge in [-0.1, -0.05) is 71.8 Å². The summed E-state index contributed by atoms with van der Waals surface area (Å²) in [4.78, 5) is 28.2. The molecule has 7 nitrogen and oxygen atoms in total. The quantitative estimate of drug-likeness (QED) is 0.364. The van der Waals surface area contributed by atoms with E-state index in [4.69, 9.17) is 11.6 Å². The number of nitrogens with zero attached hydrogens (tertiary/aromatic N) is 2. The van der Waals surface area contributed by atoms with Crippen LogP contribution in [0.15, 0.2) is 72.8 Å². The number of benzene rings is 3. The Kier molecular flexibility index (Phi) is 9.86. The van der Waals surface area contributed by atoms with Crippen LogP contribution in [0.3, 0.4) is 0 Å². The highest BCUT2D eigenvalue weighted by atomic mass is 35.5. The smallest absolute Gasteiger partial charge is 0.357 e. The minimum atomic E-state index is -4.85. The average molecular weight is 596 g/mol. The van der Waals surface area contributed by atoms with Gasteiger partial charge in [0.05, 0.1) is 22.5 Å². The zero-order chi connectivity index (χ0) is 29.7. The molecule has 0 heterocycles. The van der Waals surface area contributed by atoms with Crippen molar-refractivity contribution in [3.05, 3.63) is 100 Å². The van der Waals surface area contributed by atoms with Gasteiger partial charge in [-0.25, -0.2) is 8.42 Å². The van der Waals surface area contributed by atoms with Crippen molar-refractivity contribution in [2.24, 2.45) is 0 Å². The molecule has 0 aromatic heterocycles. The molecule has 0 spiro atoms. The van der Waals surface area contributed by atoms with E-state index in [1.165, 1.54) is 11.9 Å². The van der Waals surface area contributed by atoms with Crippen LogP contribution < -0.4 is 9.62 Å². The highest BCUT2D eigenvalue weighted by Crippen LogP contribution is 2.37. The molecule has 0 aliphatic rings. The Balaban J connectivity index is 2.06. The van der Waals surface area contributed by atoms with Crippen molar-refractivity contribution in [2.45, 2.75) is 32.1 Å². The van der Waals surface area contributed by atoms with Gasteiger partial charge in [-0.05, 0) is 36.2 Å². The molecule has 2 amide bonds. The molecule has 0 saturated carbocycles. The summed E-state index contributed by atoms with van der Waals surface area (Å²) in [6, 6.07) is 17.7. The number of hydrogen-bond acceptors (Lipinski definition) is 4. The van der Waals surface area contributed by atoms with E-state index in [1.54, 1.807) is 42.5 Å². The number of sulfonamides is 1. The van der Waals surface area contributed by atoms with E-state index in [0.29, 0.717) is 15.9 Å². The predicted octanol–water partition coefficient (Wildman–Crippen LogP) is 4.82. The van der Waals surface area contributed by atoms with Crippen LogP contribution in [0.5, 0.6) is 0 Å². The van der Waals surface area contributed by atoms with Crippen molar-refractivity contribution in [2.75, 3.05) is 24.2 Å². The standard InChI is InChI=1S/C28H29ClF3N3O4S/c1-19-9-11-21(12-10-19)17-34(25(27(37)33-2)15-20-7-5-4-6-8-20)26(36)18-35(40(3,38)39)22-13-14-24(29)23(16-22)28(30,31)32/h4-14,16,25H,15,17-18H2,1-3H3,(H,33,37)/t25-/m1/s1. The molecule has 3 aromatic carbocycles. The first-order valence-corrected chi connectivity index (χ1v) is 14.4. The minimum Gasteiger partial charge on any atom is -0.357 e. The Morgan fingerprint density at radius 1 is 0.975 bits per heavy atom. The van der Waals surface area contributed by atoms with Gasteiger partial charge in [-0.2, -0.15) is 13.2 Å². The molecular formula is C28H29ClF3N3O4S. The maximum atomic E-state index is 13.8. The van der Waals surface area contributed by atoms with Gasteiger partial charge in [0.25, 0.3) is 0 Å². The summed E-state index contributed by atoms with van der Waals surface area (Å²) in [5, 5.41) is 1.95. The normalized spacial score (nSPS) is 12.5. The summed E-state index contributed by atoms with van der Waals surface area (Å²) >= 11 is 5.72. The van der Waals surface area contributed by atoms with Crippen molar-refractivity contribution in [1.82, 2.24) is 10.2 Å². The SMILES string of the molecule is CNC(=O)[C@@H](Cc1ccccc1)N(Cc1ccc(C)cc1)C(=O)CN(c1ccc(Cl)c(C(F)(F)F)c1)S(C)(=O)=O. The lowest BCUT2D eigenvalue weighted by Crippen LogP contribution is -2.52. The number of hydrogen-bond donors (Lipinski definition) is 1. The molecule has 0 unspecified atom stereocenters. The highest BCUT2D eigenvalue weighted by molar-refractivity contribution is 7.92. The lowest BCUT2D eigenvalue weighted by Gasteiger charge is -2.33. The number of carbonyl (C=O) groups excluding carboxylic acids is 2. The molecule has 1 atom stereocenters. The van der Waals surface area contributed by atoms with E-state index in [-0.39, 0.29) is 18.7 Å². The maximum Gasteiger partial charge on any atom is 0.417 e. The topological polar surface area (TPSA) is 86.8 Å². The number of amides is 2. The lowest BCUT2D eigenvalue weighted by atomic mass is 10.0. The molecule has 40 heavy (non-hydrogen) atoms. The molecular weight excluding hydrogens is 567 g/mol. The Labute approximate surface area is 236 Å². The number of anilines is 1. The van der Waals surface area contributed by atoms with E-state index < -0.39 is 51.2 Å². The summed E-state index contributed by atoms with van der Waals surface area (Å²) < 4.78 is 66.6. The van der Waals surface area contributed by atoms with Crippen molar-refractivity contribution < 1.29 is 31.2 Å². The molecule has 0 radical (unpaired) electrons. The molecule has 0 aliphatic carbocycles. The van der Waals surface area contributed by atoms with Gasteiger partial charge in [-0.3, -0.25) is 13.9 Å². The minimum absolute atomic E-state index is 0.0456. The van der Waals surface area contributed by atoms with Crippen LogP contribution in [0.1, 0.15) is 22.3 Å². The molecule has 12 heteroatoms. The summed E-state index contributed by atoms with van der Waals surface area (Å²) in [5.41, 5.74) is 0.780. The second-order valence-corrected chi connectivity index (χ2v) is 11.6. The number of rotatable bonds is 10. The molecule has 3 rings (SSSR count). The van der Waals surface area contributed by atoms with E-state index in [0.717, 1.165) is 29.5 Å². The largest absolute Gasteiger partial charge is 0.417 e. The first-order valence-electron chi connectivity index (χ1n) is 12.2. The monoisotopic (exact) mass is 595 g/mol. The first kappa shape index (κ1) is 31.0. The Hall–Kier alpha value is -3.57. The van der Waals surface area contributed by atoms with Crippen LogP contribution in [0, 0.1) is 6.92 Å². The fourth-order valence-corrected chi connectivity index (χ4v) is 5.18. The van der Waals surface area contributed by atoms with Gasteiger partial charge in [0.15, 0.2) is 0 Å². The van der Waals surface area contributed by atoms with E-state index >= 15 is 0 Å². The number of nitrogens with one attached hydrogen (secondary N) is 1. The number of carbonyl (C=O) groups is 2. The van der Waals surface area contributed by atoms with Crippen LogP contribution in [-0.4, -0.2) is 51.0 Å². The average Bonchev–Trinajstić information content (AvgIpc) is 2.89. The number of alkyl halides is 3. The van der Waals surface area contributed by atoms with E-state index in [9.17, 15) is 31.2 Å². The van der Waals surface area contributed by atoms with Crippen LogP contribution in [0.4, 0.5) is 18.9 Å². The van der Waals surface area contributed by atoms with Crippen LogP contribution in [0.25, 0.3) is 0 Å². The summed E-state index contributed by atoms with van der Waals surface area (Å²) in [7, 11) is -2.81. The van der Waals surface area contributed by atoms with Crippen molar-refractivity contribution in [3.63, 3.8) is 0 Å². The van der Waals surface area contributed by atoms with Gasteiger partial charge in [0.1, 0.15) is 12.6 Å². The van der Waals surface area contributed by atoms with Crippen molar-refractivity contribution in [1.29, 1.82) is 0 Å². The van der Waals surface area contributed by atoms with Gasteiger partial charge >= 0.3 is 6.18 Å². The highest BCUT2D eigenvalue weighted by Gasteiger charge is 2.36. The number of likely N-dealkylation sites (N-methyl/N-ethyl adjacent to an activating group) is 1. The van der Waals surface area contributed by atoms with Gasteiger partial charge in [-0.15, -0.1) is 0 Å². The van der Waals surface area contributed by atoms with Gasteiger partial charge < -0.3 is 10.2 Å². The Morgan fingerprint density at radius 2 is 1.60 bits per heavy atom. The van der Waals surface area contributed by atoms with E-state index in [2.05, 4.69) is 5.32 Å². The lowest BCUT2D eigenvalue weighted by molar-refractivity contribution is -0.139. The fraction of sp³-hybridized carbons (Fsp3) is 0.286. The second kappa shape index (κ2) is 12.7. The summed E-state index contributed by atoms with van der Waals surface area (Å²) in [5.74, 6) is -1.26. The van der Waals surface area contributed by atoms with E-state index in [1.807, 2.05) is 19.1 Å². The number of halogens is 4. The molecule has 0 fully saturated rings. The van der Waals surface area contributed by atoms with Gasteiger partial charge in [0.2, 0.25) is 21.8 Å². The molecule has 214 valence electrons. The van der Waals surface area contributed by atoms with Crippen molar-refractivity contribution in [3.8, 4) is 0 Å². The molecule has 3 aromatic rings. The third-order valence-electron chi connectivity index (χ3n) is 6.21. The Morgan fingerprint density at radius 3 is 2.15 bits per heavy atom. The second-order valence-electron chi connectivity index (χ2n) is 9.26. The molecule has 1 N–H and O–H groups in total. The van der Waals surface area contributed by atoms with Crippen molar-refractivity contribution >= 4 is 39.1 Å². The third-order valence-corrected chi connectivity index (χ3v) is 7.68. The van der Waals surface area contributed by atoms with Crippen LogP contribution >= 0.6 is 11.6 Å². The van der Waals surface area contributed by atoms with Gasteiger partial charge in [0, 0.05) is 20.0 Å². The maximum absolute atomic E-state index is 13.8. The number of aryl methyl sites for hydroxylation is 1. The zero-order valence-electron chi connectivity index (χ0n) is 22.1. The van der Waals surface area contributed by atoms with Crippen LogP contribution in [0.2, 0.25) is 5.02 Å².